The summed E-state index contributed by atoms with van der Waals surface area (Å²) in [6, 6.07) is 0. The van der Waals surface area contributed by atoms with Gasteiger partial charge in [0.1, 0.15) is 0 Å². The molecule has 0 fully saturated rings. The molecule has 0 aromatic heterocycles. The molecule has 1 nitrogen and oxygen atoms in total. The van der Waals surface area contributed by atoms with Crippen LogP contribution in [0.3, 0.4) is 0 Å². The minimum absolute atomic E-state index is 1.11. The van der Waals surface area contributed by atoms with Gasteiger partial charge < -0.3 is 5.32 Å². The molecule has 0 aromatic carbocycles. The van der Waals surface area contributed by atoms with E-state index in [9.17, 15) is 0 Å². The van der Waals surface area contributed by atoms with Crippen molar-refractivity contribution in [1.29, 1.82) is 0 Å². The van der Waals surface area contributed by atoms with Crippen LogP contribution >= 0.6 is 0 Å². The SMILES string of the molecule is C=C(CCCC)NCCCCCC. The standard InChI is InChI=1S/C12H25N/c1-4-6-8-9-11-13-12(3)10-7-5-2/h13H,3-11H2,1-2H3. The molecule has 0 spiro atoms. The predicted molar refractivity (Wildman–Crippen MR) is 60.8 cm³/mol. The molecule has 0 radical (unpaired) electrons. The van der Waals surface area contributed by atoms with E-state index in [-0.39, 0.29) is 0 Å². The number of rotatable bonds is 9. The maximum Gasteiger partial charge on any atom is 0.0143 e. The molecular formula is C12H25N. The van der Waals surface area contributed by atoms with Crippen LogP contribution in [0.5, 0.6) is 0 Å². The molecule has 0 bridgehead atoms. The molecule has 1 N–H and O–H groups in total. The van der Waals surface area contributed by atoms with Gasteiger partial charge in [-0.15, -0.1) is 0 Å². The lowest BCUT2D eigenvalue weighted by Gasteiger charge is -2.08. The molecule has 0 saturated heterocycles. The smallest absolute Gasteiger partial charge is 0.0143 e. The monoisotopic (exact) mass is 183 g/mol. The molecule has 0 atom stereocenters. The van der Waals surface area contributed by atoms with Crippen molar-refractivity contribution in [1.82, 2.24) is 5.32 Å². The third-order valence-corrected chi connectivity index (χ3v) is 2.24. The Morgan fingerprint density at radius 1 is 1.00 bits per heavy atom. The summed E-state index contributed by atoms with van der Waals surface area (Å²) in [5, 5.41) is 3.38. The summed E-state index contributed by atoms with van der Waals surface area (Å²) >= 11 is 0. The second-order valence-electron chi connectivity index (χ2n) is 3.69. The Hall–Kier alpha value is -0.460. The van der Waals surface area contributed by atoms with E-state index in [1.165, 1.54) is 44.2 Å². The third-order valence-electron chi connectivity index (χ3n) is 2.24. The topological polar surface area (TPSA) is 12.0 Å². The first-order chi connectivity index (χ1) is 6.31. The van der Waals surface area contributed by atoms with E-state index in [2.05, 4.69) is 25.7 Å². The van der Waals surface area contributed by atoms with Crippen molar-refractivity contribution in [3.05, 3.63) is 12.3 Å². The normalized spacial score (nSPS) is 10.0. The molecule has 0 amide bonds. The highest BCUT2D eigenvalue weighted by molar-refractivity contribution is 4.90. The molecule has 13 heavy (non-hydrogen) atoms. The first-order valence-electron chi connectivity index (χ1n) is 5.72. The van der Waals surface area contributed by atoms with Gasteiger partial charge in [-0.3, -0.25) is 0 Å². The summed E-state index contributed by atoms with van der Waals surface area (Å²) in [5.74, 6) is 0. The van der Waals surface area contributed by atoms with Crippen molar-refractivity contribution >= 4 is 0 Å². The van der Waals surface area contributed by atoms with Crippen molar-refractivity contribution < 1.29 is 0 Å². The van der Waals surface area contributed by atoms with Crippen LogP contribution < -0.4 is 5.32 Å². The summed E-state index contributed by atoms with van der Waals surface area (Å²) in [7, 11) is 0. The molecule has 0 aliphatic rings. The maximum absolute atomic E-state index is 4.00. The molecule has 0 aliphatic heterocycles. The van der Waals surface area contributed by atoms with E-state index in [1.54, 1.807) is 0 Å². The Morgan fingerprint density at radius 2 is 1.69 bits per heavy atom. The zero-order chi connectivity index (χ0) is 9.94. The Kier molecular flexibility index (Phi) is 9.29. The van der Waals surface area contributed by atoms with E-state index < -0.39 is 0 Å². The van der Waals surface area contributed by atoms with Gasteiger partial charge in [-0.05, 0) is 19.3 Å². The van der Waals surface area contributed by atoms with Gasteiger partial charge in [-0.2, -0.15) is 0 Å². The molecule has 1 heteroatoms. The van der Waals surface area contributed by atoms with Crippen molar-refractivity contribution in [3.8, 4) is 0 Å². The second-order valence-corrected chi connectivity index (χ2v) is 3.69. The Labute approximate surface area is 83.6 Å². The minimum atomic E-state index is 1.11. The van der Waals surface area contributed by atoms with Gasteiger partial charge in [-0.25, -0.2) is 0 Å². The van der Waals surface area contributed by atoms with Crippen LogP contribution in [-0.4, -0.2) is 6.54 Å². The number of unbranched alkanes of at least 4 members (excludes halogenated alkanes) is 4. The van der Waals surface area contributed by atoms with E-state index in [0.29, 0.717) is 0 Å². The summed E-state index contributed by atoms with van der Waals surface area (Å²) in [6.07, 6.45) is 8.99. The van der Waals surface area contributed by atoms with Gasteiger partial charge in [0, 0.05) is 12.2 Å². The van der Waals surface area contributed by atoms with Gasteiger partial charge in [0.15, 0.2) is 0 Å². The lowest BCUT2D eigenvalue weighted by atomic mass is 10.2. The van der Waals surface area contributed by atoms with Crippen LogP contribution in [0.25, 0.3) is 0 Å². The number of allylic oxidation sites excluding steroid dienone is 1. The predicted octanol–water partition coefficient (Wildman–Crippen LogP) is 3.86. The fraction of sp³-hybridized carbons (Fsp3) is 0.833. The molecule has 0 aromatic rings. The van der Waals surface area contributed by atoms with Gasteiger partial charge in [-0.1, -0.05) is 46.1 Å². The Morgan fingerprint density at radius 3 is 2.31 bits per heavy atom. The zero-order valence-corrected chi connectivity index (χ0v) is 9.36. The first kappa shape index (κ1) is 12.5. The summed E-state index contributed by atoms with van der Waals surface area (Å²) in [4.78, 5) is 0. The lowest BCUT2D eigenvalue weighted by molar-refractivity contribution is 0.619. The van der Waals surface area contributed by atoms with E-state index >= 15 is 0 Å². The molecule has 0 rings (SSSR count). The largest absolute Gasteiger partial charge is 0.389 e. The van der Waals surface area contributed by atoms with Crippen LogP contribution in [0, 0.1) is 0 Å². The van der Waals surface area contributed by atoms with Crippen LogP contribution in [-0.2, 0) is 0 Å². The number of hydrogen-bond donors (Lipinski definition) is 1. The zero-order valence-electron chi connectivity index (χ0n) is 9.36. The van der Waals surface area contributed by atoms with Crippen molar-refractivity contribution in [2.45, 2.75) is 58.8 Å². The molecule has 0 saturated carbocycles. The van der Waals surface area contributed by atoms with Gasteiger partial charge in [0.05, 0.1) is 0 Å². The quantitative estimate of drug-likeness (QED) is 0.535. The third kappa shape index (κ3) is 9.45. The summed E-state index contributed by atoms with van der Waals surface area (Å²) < 4.78 is 0. The highest BCUT2D eigenvalue weighted by atomic mass is 14.9. The van der Waals surface area contributed by atoms with Crippen LogP contribution in [0.15, 0.2) is 12.3 Å². The van der Waals surface area contributed by atoms with Crippen molar-refractivity contribution in [3.63, 3.8) is 0 Å². The fourth-order valence-electron chi connectivity index (χ4n) is 1.30. The average Bonchev–Trinajstić information content (AvgIpc) is 2.14. The average molecular weight is 183 g/mol. The first-order valence-corrected chi connectivity index (χ1v) is 5.72. The molecule has 0 unspecified atom stereocenters. The minimum Gasteiger partial charge on any atom is -0.389 e. The van der Waals surface area contributed by atoms with Gasteiger partial charge in [0.2, 0.25) is 0 Å². The molecular weight excluding hydrogens is 158 g/mol. The van der Waals surface area contributed by atoms with Crippen LogP contribution in [0.4, 0.5) is 0 Å². The maximum atomic E-state index is 4.00. The Bertz CT molecular complexity index is 118. The summed E-state index contributed by atoms with van der Waals surface area (Å²) in [5.41, 5.74) is 1.22. The second kappa shape index (κ2) is 9.63. The highest BCUT2D eigenvalue weighted by Gasteiger charge is 1.92. The highest BCUT2D eigenvalue weighted by Crippen LogP contribution is 2.02. The summed E-state index contributed by atoms with van der Waals surface area (Å²) in [6.45, 7) is 9.57. The van der Waals surface area contributed by atoms with Gasteiger partial charge >= 0.3 is 0 Å². The fourth-order valence-corrected chi connectivity index (χ4v) is 1.30. The van der Waals surface area contributed by atoms with E-state index in [1.807, 2.05) is 0 Å². The number of hydrogen-bond acceptors (Lipinski definition) is 1. The van der Waals surface area contributed by atoms with E-state index in [4.69, 9.17) is 0 Å². The van der Waals surface area contributed by atoms with Gasteiger partial charge in [0.25, 0.3) is 0 Å². The molecule has 0 aliphatic carbocycles. The number of nitrogens with one attached hydrogen (secondary N) is 1. The molecule has 78 valence electrons. The van der Waals surface area contributed by atoms with Crippen LogP contribution in [0.1, 0.15) is 58.8 Å². The van der Waals surface area contributed by atoms with E-state index in [0.717, 1.165) is 13.0 Å². The van der Waals surface area contributed by atoms with Crippen molar-refractivity contribution in [2.75, 3.05) is 6.54 Å². The lowest BCUT2D eigenvalue weighted by Crippen LogP contribution is -2.13. The molecule has 0 heterocycles. The Balaban J connectivity index is 3.08. The van der Waals surface area contributed by atoms with Crippen LogP contribution in [0.2, 0.25) is 0 Å². The van der Waals surface area contributed by atoms with Crippen molar-refractivity contribution in [2.24, 2.45) is 0 Å².